The molecule has 0 spiro atoms. The minimum absolute atomic E-state index is 0.0657. The maximum Gasteiger partial charge on any atom is 0.247 e. The maximum atomic E-state index is 12.1. The molecule has 2 aromatic rings. The van der Waals surface area contributed by atoms with Crippen LogP contribution in [-0.2, 0) is 9.59 Å². The topological polar surface area (TPSA) is 70.2 Å². The number of amides is 2. The van der Waals surface area contributed by atoms with Gasteiger partial charge in [0.1, 0.15) is 6.04 Å². The number of para-hydroxylation sites is 2. The quantitative estimate of drug-likeness (QED) is 0.787. The highest BCUT2D eigenvalue weighted by molar-refractivity contribution is 9.10. The van der Waals surface area contributed by atoms with E-state index in [2.05, 4.69) is 31.9 Å². The number of fused-ring (bicyclic) bond motifs is 1. The number of benzene rings is 2. The van der Waals surface area contributed by atoms with Gasteiger partial charge in [0.15, 0.2) is 0 Å². The average molecular weight is 360 g/mol. The van der Waals surface area contributed by atoms with E-state index < -0.39 is 6.04 Å². The number of hydrogen-bond acceptors (Lipinski definition) is 3. The molecule has 112 valence electrons. The van der Waals surface area contributed by atoms with Crippen molar-refractivity contribution in [3.63, 3.8) is 0 Å². The van der Waals surface area contributed by atoms with Crippen LogP contribution in [0.25, 0.3) is 0 Å². The minimum Gasteiger partial charge on any atom is -0.372 e. The van der Waals surface area contributed by atoms with Crippen LogP contribution in [-0.4, -0.2) is 17.9 Å². The first-order valence-corrected chi connectivity index (χ1v) is 7.63. The van der Waals surface area contributed by atoms with Gasteiger partial charge in [-0.15, -0.1) is 0 Å². The molecule has 1 atom stereocenters. The van der Waals surface area contributed by atoms with Crippen molar-refractivity contribution in [3.05, 3.63) is 53.0 Å². The number of nitrogens with one attached hydrogen (secondary N) is 3. The van der Waals surface area contributed by atoms with Gasteiger partial charge in [-0.1, -0.05) is 28.1 Å². The van der Waals surface area contributed by atoms with Gasteiger partial charge in [-0.25, -0.2) is 0 Å². The number of carbonyl (C=O) groups excluding carboxylic acids is 2. The van der Waals surface area contributed by atoms with Gasteiger partial charge in [0.25, 0.3) is 0 Å². The van der Waals surface area contributed by atoms with Crippen molar-refractivity contribution in [1.82, 2.24) is 0 Å². The van der Waals surface area contributed by atoms with Gasteiger partial charge >= 0.3 is 0 Å². The molecule has 3 rings (SSSR count). The van der Waals surface area contributed by atoms with Gasteiger partial charge in [-0.2, -0.15) is 0 Å². The second-order valence-electron chi connectivity index (χ2n) is 4.99. The Labute approximate surface area is 136 Å². The van der Waals surface area contributed by atoms with Crippen molar-refractivity contribution in [2.75, 3.05) is 16.0 Å². The number of rotatable bonds is 3. The Morgan fingerprint density at radius 2 is 1.77 bits per heavy atom. The summed E-state index contributed by atoms with van der Waals surface area (Å²) in [6.45, 7) is 0. The summed E-state index contributed by atoms with van der Waals surface area (Å²) >= 11 is 3.34. The summed E-state index contributed by atoms with van der Waals surface area (Å²) in [4.78, 5) is 24.1. The molecule has 0 fully saturated rings. The van der Waals surface area contributed by atoms with Crippen molar-refractivity contribution in [3.8, 4) is 0 Å². The molecule has 0 aliphatic carbocycles. The monoisotopic (exact) mass is 359 g/mol. The molecule has 1 heterocycles. The first kappa shape index (κ1) is 14.6. The fourth-order valence-electron chi connectivity index (χ4n) is 2.27. The van der Waals surface area contributed by atoms with Crippen LogP contribution in [0.3, 0.4) is 0 Å². The zero-order chi connectivity index (χ0) is 15.5. The molecule has 3 N–H and O–H groups in total. The highest BCUT2D eigenvalue weighted by atomic mass is 79.9. The number of carbonyl (C=O) groups is 2. The smallest absolute Gasteiger partial charge is 0.247 e. The summed E-state index contributed by atoms with van der Waals surface area (Å²) in [6.07, 6.45) is 0.0657. The first-order valence-electron chi connectivity index (χ1n) is 6.84. The van der Waals surface area contributed by atoms with E-state index in [1.165, 1.54) is 0 Å². The molecule has 0 aromatic heterocycles. The zero-order valence-corrected chi connectivity index (χ0v) is 13.2. The van der Waals surface area contributed by atoms with Gasteiger partial charge in [0.05, 0.1) is 17.8 Å². The van der Waals surface area contributed by atoms with Gasteiger partial charge in [0, 0.05) is 10.2 Å². The number of hydrogen-bond donors (Lipinski definition) is 3. The third-order valence-corrected chi connectivity index (χ3v) is 3.88. The predicted molar refractivity (Wildman–Crippen MR) is 89.9 cm³/mol. The Balaban J connectivity index is 1.64. The molecule has 0 bridgehead atoms. The molecule has 1 aliphatic rings. The SMILES string of the molecule is O=C(C[C@H]1Nc2ccccc2NC1=O)Nc1ccc(Br)cc1. The summed E-state index contributed by atoms with van der Waals surface area (Å²) in [6, 6.07) is 14.1. The van der Waals surface area contributed by atoms with Gasteiger partial charge in [-0.05, 0) is 36.4 Å². The third kappa shape index (κ3) is 3.28. The maximum absolute atomic E-state index is 12.1. The normalized spacial score (nSPS) is 16.2. The molecular formula is C16H14BrN3O2. The van der Waals surface area contributed by atoms with E-state index in [1.54, 1.807) is 12.1 Å². The van der Waals surface area contributed by atoms with Crippen LogP contribution in [0.2, 0.25) is 0 Å². The van der Waals surface area contributed by atoms with E-state index >= 15 is 0 Å². The van der Waals surface area contributed by atoms with Crippen molar-refractivity contribution >= 4 is 44.8 Å². The van der Waals surface area contributed by atoms with Crippen molar-refractivity contribution in [1.29, 1.82) is 0 Å². The fraction of sp³-hybridized carbons (Fsp3) is 0.125. The Morgan fingerprint density at radius 1 is 1.09 bits per heavy atom. The summed E-state index contributed by atoms with van der Waals surface area (Å²) in [5.74, 6) is -0.418. The second-order valence-corrected chi connectivity index (χ2v) is 5.91. The lowest BCUT2D eigenvalue weighted by Crippen LogP contribution is -2.41. The lowest BCUT2D eigenvalue weighted by Gasteiger charge is -2.26. The molecule has 0 radical (unpaired) electrons. The average Bonchev–Trinajstić information content (AvgIpc) is 2.50. The van der Waals surface area contributed by atoms with Crippen LogP contribution in [0.4, 0.5) is 17.1 Å². The Bertz CT molecular complexity index is 716. The Morgan fingerprint density at radius 3 is 2.50 bits per heavy atom. The van der Waals surface area contributed by atoms with Crippen LogP contribution in [0.1, 0.15) is 6.42 Å². The third-order valence-electron chi connectivity index (χ3n) is 3.35. The number of anilines is 3. The van der Waals surface area contributed by atoms with E-state index in [9.17, 15) is 9.59 Å². The van der Waals surface area contributed by atoms with Crippen molar-refractivity contribution in [2.24, 2.45) is 0 Å². The van der Waals surface area contributed by atoms with E-state index in [0.717, 1.165) is 15.8 Å². The highest BCUT2D eigenvalue weighted by Gasteiger charge is 2.27. The van der Waals surface area contributed by atoms with E-state index in [-0.39, 0.29) is 18.2 Å². The second kappa shape index (κ2) is 6.19. The van der Waals surface area contributed by atoms with E-state index in [4.69, 9.17) is 0 Å². The fourth-order valence-corrected chi connectivity index (χ4v) is 2.53. The number of halogens is 1. The zero-order valence-electron chi connectivity index (χ0n) is 11.6. The van der Waals surface area contributed by atoms with E-state index in [0.29, 0.717) is 5.69 Å². The van der Waals surface area contributed by atoms with Crippen LogP contribution in [0.5, 0.6) is 0 Å². The predicted octanol–water partition coefficient (Wildman–Crippen LogP) is 3.21. The molecule has 5 nitrogen and oxygen atoms in total. The van der Waals surface area contributed by atoms with Crippen LogP contribution in [0, 0.1) is 0 Å². The molecule has 2 amide bonds. The molecule has 0 saturated heterocycles. The van der Waals surface area contributed by atoms with Crippen LogP contribution < -0.4 is 16.0 Å². The molecule has 2 aromatic carbocycles. The molecular weight excluding hydrogens is 346 g/mol. The van der Waals surface area contributed by atoms with Gasteiger partial charge < -0.3 is 16.0 Å². The molecule has 0 saturated carbocycles. The Kier molecular flexibility index (Phi) is 4.11. The Hall–Kier alpha value is -2.34. The lowest BCUT2D eigenvalue weighted by atomic mass is 10.1. The molecule has 1 aliphatic heterocycles. The minimum atomic E-state index is -0.578. The van der Waals surface area contributed by atoms with Gasteiger partial charge in [-0.3, -0.25) is 9.59 Å². The van der Waals surface area contributed by atoms with Crippen molar-refractivity contribution in [2.45, 2.75) is 12.5 Å². The van der Waals surface area contributed by atoms with Crippen LogP contribution in [0.15, 0.2) is 53.0 Å². The van der Waals surface area contributed by atoms with Gasteiger partial charge in [0.2, 0.25) is 11.8 Å². The summed E-state index contributed by atoms with van der Waals surface area (Å²) in [5, 5.41) is 8.67. The lowest BCUT2D eigenvalue weighted by molar-refractivity contribution is -0.122. The molecule has 6 heteroatoms. The largest absolute Gasteiger partial charge is 0.372 e. The summed E-state index contributed by atoms with van der Waals surface area (Å²) in [7, 11) is 0. The first-order chi connectivity index (χ1) is 10.6. The molecule has 0 unspecified atom stereocenters. The van der Waals surface area contributed by atoms with Crippen molar-refractivity contribution < 1.29 is 9.59 Å². The standard InChI is InChI=1S/C16H14BrN3O2/c17-10-5-7-11(8-6-10)18-15(21)9-14-16(22)20-13-4-2-1-3-12(13)19-14/h1-8,14,19H,9H2,(H,18,21)(H,20,22)/t14-/m1/s1. The van der Waals surface area contributed by atoms with Crippen LogP contribution >= 0.6 is 15.9 Å². The molecule has 22 heavy (non-hydrogen) atoms. The highest BCUT2D eigenvalue weighted by Crippen LogP contribution is 2.26. The summed E-state index contributed by atoms with van der Waals surface area (Å²) in [5.41, 5.74) is 2.26. The van der Waals surface area contributed by atoms with E-state index in [1.807, 2.05) is 36.4 Å². The summed E-state index contributed by atoms with van der Waals surface area (Å²) < 4.78 is 0.940.